The van der Waals surface area contributed by atoms with E-state index in [-0.39, 0.29) is 24.0 Å². The smallest absolute Gasteiger partial charge is 0.191 e. The van der Waals surface area contributed by atoms with Gasteiger partial charge >= 0.3 is 0 Å². The van der Waals surface area contributed by atoms with Crippen molar-refractivity contribution in [3.63, 3.8) is 0 Å². The zero-order valence-electron chi connectivity index (χ0n) is 16.1. The second-order valence-corrected chi connectivity index (χ2v) is 6.71. The number of rotatable bonds is 12. The number of hydrogen-bond acceptors (Lipinski definition) is 3. The Hall–Kier alpha value is -0.0800. The Labute approximate surface area is 166 Å². The highest BCUT2D eigenvalue weighted by Crippen LogP contribution is 2.25. The lowest BCUT2D eigenvalue weighted by Crippen LogP contribution is -2.43. The SMILES string of the molecule is CCCC(O)(CCC)CN=C(NCC)NCCN(CC)C1CC1.I. The van der Waals surface area contributed by atoms with Crippen molar-refractivity contribution in [2.24, 2.45) is 4.99 Å². The minimum Gasteiger partial charge on any atom is -0.388 e. The molecule has 0 aromatic rings. The van der Waals surface area contributed by atoms with Crippen molar-refractivity contribution in [1.29, 1.82) is 0 Å². The highest BCUT2D eigenvalue weighted by atomic mass is 127. The van der Waals surface area contributed by atoms with Gasteiger partial charge in [-0.15, -0.1) is 24.0 Å². The molecule has 0 radical (unpaired) electrons. The second kappa shape index (κ2) is 13.2. The summed E-state index contributed by atoms with van der Waals surface area (Å²) >= 11 is 0. The molecule has 0 unspecified atom stereocenters. The van der Waals surface area contributed by atoms with Gasteiger partial charge in [-0.3, -0.25) is 9.89 Å². The van der Waals surface area contributed by atoms with E-state index < -0.39 is 5.60 Å². The van der Waals surface area contributed by atoms with E-state index in [1.54, 1.807) is 0 Å². The van der Waals surface area contributed by atoms with Gasteiger partial charge in [0.05, 0.1) is 12.1 Å². The molecule has 144 valence electrons. The molecule has 24 heavy (non-hydrogen) atoms. The van der Waals surface area contributed by atoms with Gasteiger partial charge in [0.2, 0.25) is 0 Å². The minimum absolute atomic E-state index is 0. The van der Waals surface area contributed by atoms with Crippen LogP contribution in [0.5, 0.6) is 0 Å². The maximum absolute atomic E-state index is 10.7. The predicted molar refractivity (Wildman–Crippen MR) is 114 cm³/mol. The van der Waals surface area contributed by atoms with Crippen LogP contribution >= 0.6 is 24.0 Å². The van der Waals surface area contributed by atoms with Crippen molar-refractivity contribution in [1.82, 2.24) is 15.5 Å². The van der Waals surface area contributed by atoms with E-state index in [2.05, 4.69) is 48.2 Å². The molecule has 1 saturated carbocycles. The van der Waals surface area contributed by atoms with Crippen LogP contribution in [0.2, 0.25) is 0 Å². The molecule has 1 aliphatic carbocycles. The van der Waals surface area contributed by atoms with E-state index >= 15 is 0 Å². The summed E-state index contributed by atoms with van der Waals surface area (Å²) in [6.45, 7) is 12.9. The third kappa shape index (κ3) is 9.42. The van der Waals surface area contributed by atoms with Crippen LogP contribution in [-0.4, -0.2) is 60.3 Å². The lowest BCUT2D eigenvalue weighted by Gasteiger charge is -2.26. The number of aliphatic imine (C=N–C) groups is 1. The van der Waals surface area contributed by atoms with Crippen LogP contribution in [0.1, 0.15) is 66.2 Å². The summed E-state index contributed by atoms with van der Waals surface area (Å²) in [5.41, 5.74) is -0.657. The molecule has 0 heterocycles. The first-order valence-corrected chi connectivity index (χ1v) is 9.57. The summed E-state index contributed by atoms with van der Waals surface area (Å²) in [5, 5.41) is 17.4. The normalized spacial score (nSPS) is 15.3. The first-order chi connectivity index (χ1) is 11.1. The monoisotopic (exact) mass is 454 g/mol. The number of likely N-dealkylation sites (N-methyl/N-ethyl adjacent to an activating group) is 1. The molecule has 1 rings (SSSR count). The molecule has 0 amide bonds. The van der Waals surface area contributed by atoms with E-state index in [1.165, 1.54) is 12.8 Å². The molecule has 3 N–H and O–H groups in total. The van der Waals surface area contributed by atoms with Crippen LogP contribution in [0, 0.1) is 0 Å². The lowest BCUT2D eigenvalue weighted by atomic mass is 9.93. The van der Waals surface area contributed by atoms with E-state index in [1.807, 2.05) is 0 Å². The van der Waals surface area contributed by atoms with Gasteiger partial charge in [-0.05, 0) is 39.2 Å². The van der Waals surface area contributed by atoms with Crippen molar-refractivity contribution >= 4 is 29.9 Å². The molecule has 1 fully saturated rings. The van der Waals surface area contributed by atoms with Crippen LogP contribution in [-0.2, 0) is 0 Å². The fourth-order valence-electron chi connectivity index (χ4n) is 3.14. The lowest BCUT2D eigenvalue weighted by molar-refractivity contribution is 0.0306. The summed E-state index contributed by atoms with van der Waals surface area (Å²) in [7, 11) is 0. The Morgan fingerprint density at radius 3 is 2.21 bits per heavy atom. The average Bonchev–Trinajstić information content (AvgIpc) is 3.34. The first-order valence-electron chi connectivity index (χ1n) is 9.57. The molecule has 0 saturated heterocycles. The summed E-state index contributed by atoms with van der Waals surface area (Å²) in [6, 6.07) is 0.806. The number of aliphatic hydroxyl groups is 1. The summed E-state index contributed by atoms with van der Waals surface area (Å²) < 4.78 is 0. The third-order valence-corrected chi connectivity index (χ3v) is 4.47. The van der Waals surface area contributed by atoms with Crippen molar-refractivity contribution in [2.75, 3.05) is 32.7 Å². The first kappa shape index (κ1) is 23.9. The van der Waals surface area contributed by atoms with Gasteiger partial charge in [-0.25, -0.2) is 0 Å². The Balaban J connectivity index is 0.00000529. The minimum atomic E-state index is -0.657. The Kier molecular flexibility index (Phi) is 13.1. The standard InChI is InChI=1S/C18H38N4O.HI/c1-5-11-18(23,12-6-2)15-21-17(19-7-3)20-13-14-22(8-4)16-9-10-16;/h16,23H,5-15H2,1-4H3,(H2,19,20,21);1H. The molecule has 0 aliphatic heterocycles. The molecule has 0 aromatic heterocycles. The van der Waals surface area contributed by atoms with E-state index in [4.69, 9.17) is 0 Å². The largest absolute Gasteiger partial charge is 0.388 e. The number of hydrogen-bond donors (Lipinski definition) is 3. The number of guanidine groups is 1. The van der Waals surface area contributed by atoms with Gasteiger partial charge in [0.1, 0.15) is 0 Å². The summed E-state index contributed by atoms with van der Waals surface area (Å²) in [6.07, 6.45) is 6.31. The molecular formula is C18H39IN4O. The fraction of sp³-hybridized carbons (Fsp3) is 0.944. The van der Waals surface area contributed by atoms with Crippen LogP contribution in [0.3, 0.4) is 0 Å². The number of nitrogens with zero attached hydrogens (tertiary/aromatic N) is 2. The van der Waals surface area contributed by atoms with E-state index in [0.717, 1.165) is 63.9 Å². The Morgan fingerprint density at radius 2 is 1.75 bits per heavy atom. The number of halogens is 1. The Morgan fingerprint density at radius 1 is 1.12 bits per heavy atom. The molecule has 0 bridgehead atoms. The van der Waals surface area contributed by atoms with Gasteiger partial charge in [-0.1, -0.05) is 33.6 Å². The number of nitrogens with one attached hydrogen (secondary N) is 2. The van der Waals surface area contributed by atoms with E-state index in [0.29, 0.717) is 6.54 Å². The molecule has 5 nitrogen and oxygen atoms in total. The highest BCUT2D eigenvalue weighted by Gasteiger charge is 2.27. The maximum Gasteiger partial charge on any atom is 0.191 e. The van der Waals surface area contributed by atoms with E-state index in [9.17, 15) is 5.11 Å². The molecule has 1 aliphatic rings. The zero-order valence-corrected chi connectivity index (χ0v) is 18.4. The van der Waals surface area contributed by atoms with Crippen LogP contribution in [0.15, 0.2) is 4.99 Å². The van der Waals surface area contributed by atoms with Crippen molar-refractivity contribution in [3.05, 3.63) is 0 Å². The predicted octanol–water partition coefficient (Wildman–Crippen LogP) is 2.98. The third-order valence-electron chi connectivity index (χ3n) is 4.47. The van der Waals surface area contributed by atoms with Gasteiger partial charge in [-0.2, -0.15) is 0 Å². The zero-order chi connectivity index (χ0) is 17.1. The van der Waals surface area contributed by atoms with Gasteiger partial charge < -0.3 is 15.7 Å². The molecular weight excluding hydrogens is 415 g/mol. The summed E-state index contributed by atoms with van der Waals surface area (Å²) in [5.74, 6) is 0.824. The second-order valence-electron chi connectivity index (χ2n) is 6.71. The molecule has 6 heteroatoms. The van der Waals surface area contributed by atoms with Crippen molar-refractivity contribution in [3.8, 4) is 0 Å². The fourth-order valence-corrected chi connectivity index (χ4v) is 3.14. The topological polar surface area (TPSA) is 59.9 Å². The van der Waals surface area contributed by atoms with Crippen LogP contribution in [0.25, 0.3) is 0 Å². The summed E-state index contributed by atoms with van der Waals surface area (Å²) in [4.78, 5) is 7.16. The van der Waals surface area contributed by atoms with Crippen LogP contribution in [0.4, 0.5) is 0 Å². The molecule has 0 aromatic carbocycles. The van der Waals surface area contributed by atoms with Crippen molar-refractivity contribution < 1.29 is 5.11 Å². The van der Waals surface area contributed by atoms with Crippen LogP contribution < -0.4 is 10.6 Å². The molecule has 0 spiro atoms. The van der Waals surface area contributed by atoms with Gasteiger partial charge in [0.25, 0.3) is 0 Å². The average molecular weight is 454 g/mol. The maximum atomic E-state index is 10.7. The van der Waals surface area contributed by atoms with Crippen molar-refractivity contribution in [2.45, 2.75) is 77.9 Å². The quantitative estimate of drug-likeness (QED) is 0.241. The van der Waals surface area contributed by atoms with Gasteiger partial charge in [0.15, 0.2) is 5.96 Å². The molecule has 0 atom stereocenters. The Bertz CT molecular complexity index is 342. The van der Waals surface area contributed by atoms with Gasteiger partial charge in [0, 0.05) is 25.7 Å². The highest BCUT2D eigenvalue weighted by molar-refractivity contribution is 14.0.